The molecule has 150 valence electrons. The number of nitrogens with one attached hydrogen (secondary N) is 1. The Labute approximate surface area is 169 Å². The van der Waals surface area contributed by atoms with Gasteiger partial charge in [0.2, 0.25) is 5.12 Å². The lowest BCUT2D eigenvalue weighted by Crippen LogP contribution is -2.56. The molecule has 0 radical (unpaired) electrons. The number of amidine groups is 1. The van der Waals surface area contributed by atoms with Crippen LogP contribution >= 0.6 is 11.8 Å². The summed E-state index contributed by atoms with van der Waals surface area (Å²) in [4.78, 5) is 33.7. The van der Waals surface area contributed by atoms with Crippen molar-refractivity contribution in [3.05, 3.63) is 60.4 Å². The molecule has 1 saturated heterocycles. The number of hydrogen-bond acceptors (Lipinski definition) is 6. The van der Waals surface area contributed by atoms with Gasteiger partial charge in [0.25, 0.3) is 5.91 Å². The van der Waals surface area contributed by atoms with Gasteiger partial charge in [-0.1, -0.05) is 24.3 Å². The van der Waals surface area contributed by atoms with Crippen molar-refractivity contribution >= 4 is 34.6 Å². The number of alkyl halides is 1. The highest BCUT2D eigenvalue weighted by atomic mass is 32.2. The number of anilines is 1. The monoisotopic (exact) mass is 416 g/mol. The van der Waals surface area contributed by atoms with E-state index in [-0.39, 0.29) is 24.1 Å². The van der Waals surface area contributed by atoms with E-state index in [0.29, 0.717) is 17.4 Å². The summed E-state index contributed by atoms with van der Waals surface area (Å²) in [5, 5.41) is 9.72. The summed E-state index contributed by atoms with van der Waals surface area (Å²) in [6, 6.07) is 12.4. The molecule has 1 aromatic heterocycles. The maximum Gasteiger partial charge on any atom is 0.418 e. The molecule has 10 heteroatoms. The molecule has 2 N–H and O–H groups in total. The van der Waals surface area contributed by atoms with Crippen molar-refractivity contribution in [1.82, 2.24) is 10.3 Å². The molecule has 4 rings (SSSR count). The number of thioether (sulfide) groups is 1. The number of ether oxygens (including phenoxy) is 1. The first-order chi connectivity index (χ1) is 14.0. The van der Waals surface area contributed by atoms with Gasteiger partial charge in [-0.3, -0.25) is 14.8 Å². The second kappa shape index (κ2) is 7.80. The number of aromatic nitrogens is 1. The van der Waals surface area contributed by atoms with Crippen LogP contribution in [0.5, 0.6) is 0 Å². The molecule has 3 atom stereocenters. The lowest BCUT2D eigenvalue weighted by molar-refractivity contribution is 0.0735. The highest BCUT2D eigenvalue weighted by molar-refractivity contribution is 8.15. The van der Waals surface area contributed by atoms with Gasteiger partial charge < -0.3 is 15.2 Å². The molecule has 3 heterocycles. The van der Waals surface area contributed by atoms with Crippen molar-refractivity contribution in [1.29, 1.82) is 0 Å². The first-order valence-corrected chi connectivity index (χ1v) is 9.65. The van der Waals surface area contributed by atoms with Crippen molar-refractivity contribution in [2.45, 2.75) is 11.2 Å². The number of halogens is 1. The van der Waals surface area contributed by atoms with Gasteiger partial charge >= 0.3 is 6.09 Å². The molecule has 8 nitrogen and oxygen atoms in total. The Balaban J connectivity index is 1.67. The van der Waals surface area contributed by atoms with E-state index in [2.05, 4.69) is 15.3 Å². The van der Waals surface area contributed by atoms with Crippen molar-refractivity contribution in [2.24, 2.45) is 10.9 Å². The number of rotatable bonds is 3. The normalized spacial score (nSPS) is 25.6. The van der Waals surface area contributed by atoms with E-state index < -0.39 is 29.1 Å². The SMILES string of the molecule is O=C(NC1(F)SC(N(C(=O)O)c2ccccc2)=NC2COCC21)c1ccccn1. The number of hydrogen-bond donors (Lipinski definition) is 2. The number of aliphatic imine (C=N–C) groups is 1. The predicted octanol–water partition coefficient (Wildman–Crippen LogP) is 2.74. The zero-order chi connectivity index (χ0) is 20.4. The summed E-state index contributed by atoms with van der Waals surface area (Å²) < 4.78 is 21.5. The fraction of sp³-hybridized carbons (Fsp3) is 0.263. The van der Waals surface area contributed by atoms with Crippen LogP contribution in [0.4, 0.5) is 14.9 Å². The molecular weight excluding hydrogens is 399 g/mol. The number of fused-ring (bicyclic) bond motifs is 1. The molecule has 2 aromatic rings. The van der Waals surface area contributed by atoms with E-state index in [9.17, 15) is 14.7 Å². The topological polar surface area (TPSA) is 104 Å². The third kappa shape index (κ3) is 3.81. The summed E-state index contributed by atoms with van der Waals surface area (Å²) in [5.41, 5.74) is 0.379. The Hall–Kier alpha value is -2.98. The smallest absolute Gasteiger partial charge is 0.418 e. The minimum absolute atomic E-state index is 0.0582. The van der Waals surface area contributed by atoms with Crippen LogP contribution in [0.25, 0.3) is 0 Å². The van der Waals surface area contributed by atoms with E-state index in [1.165, 1.54) is 12.3 Å². The van der Waals surface area contributed by atoms with Gasteiger partial charge in [-0.15, -0.1) is 0 Å². The molecule has 3 unspecified atom stereocenters. The van der Waals surface area contributed by atoms with Crippen LogP contribution in [0.2, 0.25) is 0 Å². The van der Waals surface area contributed by atoms with E-state index in [0.717, 1.165) is 4.90 Å². The van der Waals surface area contributed by atoms with Crippen molar-refractivity contribution < 1.29 is 23.8 Å². The second-order valence-electron chi connectivity index (χ2n) is 6.49. The molecule has 2 amide bonds. The summed E-state index contributed by atoms with van der Waals surface area (Å²) in [6.07, 6.45) is 0.127. The number of benzene rings is 1. The summed E-state index contributed by atoms with van der Waals surface area (Å²) in [7, 11) is 0. The van der Waals surface area contributed by atoms with Crippen molar-refractivity contribution in [3.8, 4) is 0 Å². The quantitative estimate of drug-likeness (QED) is 0.746. The average Bonchev–Trinajstić information content (AvgIpc) is 3.19. The lowest BCUT2D eigenvalue weighted by atomic mass is 10.0. The lowest BCUT2D eigenvalue weighted by Gasteiger charge is -2.38. The van der Waals surface area contributed by atoms with Crippen LogP contribution in [0.1, 0.15) is 10.5 Å². The van der Waals surface area contributed by atoms with Gasteiger partial charge in [-0.2, -0.15) is 0 Å². The van der Waals surface area contributed by atoms with Gasteiger partial charge in [0.1, 0.15) is 5.69 Å². The molecule has 0 bridgehead atoms. The van der Waals surface area contributed by atoms with Crippen LogP contribution < -0.4 is 10.2 Å². The molecule has 29 heavy (non-hydrogen) atoms. The van der Waals surface area contributed by atoms with Gasteiger partial charge in [0.15, 0.2) is 5.17 Å². The van der Waals surface area contributed by atoms with Gasteiger partial charge in [0.05, 0.1) is 30.9 Å². The third-order valence-electron chi connectivity index (χ3n) is 4.62. The second-order valence-corrected chi connectivity index (χ2v) is 7.66. The fourth-order valence-corrected chi connectivity index (χ4v) is 4.47. The standard InChI is InChI=1S/C19H17FN4O4S/c20-19(23-16(25)14-8-4-5-9-21-14)13-10-28-11-15(13)22-17(29-19)24(18(26)27)12-6-2-1-3-7-12/h1-9,13,15H,10-11H2,(H,23,25)(H,26,27). The van der Waals surface area contributed by atoms with E-state index in [4.69, 9.17) is 4.74 Å². The largest absolute Gasteiger partial charge is 0.464 e. The number of amides is 2. The Morgan fingerprint density at radius 3 is 2.66 bits per heavy atom. The number of carboxylic acid groups (broad SMARTS) is 1. The Kier molecular flexibility index (Phi) is 5.20. The predicted molar refractivity (Wildman–Crippen MR) is 106 cm³/mol. The van der Waals surface area contributed by atoms with Gasteiger partial charge in [0, 0.05) is 6.20 Å². The molecular formula is C19H17FN4O4S. The zero-order valence-electron chi connectivity index (χ0n) is 15.1. The number of carbonyl (C=O) groups excluding carboxylic acids is 1. The zero-order valence-corrected chi connectivity index (χ0v) is 15.9. The number of para-hydroxylation sites is 1. The van der Waals surface area contributed by atoms with E-state index >= 15 is 4.39 Å². The van der Waals surface area contributed by atoms with Crippen LogP contribution in [-0.4, -0.2) is 51.6 Å². The molecule has 2 aliphatic heterocycles. The molecule has 2 aliphatic rings. The average molecular weight is 416 g/mol. The van der Waals surface area contributed by atoms with Crippen LogP contribution in [0, 0.1) is 5.92 Å². The summed E-state index contributed by atoms with van der Waals surface area (Å²) in [5.74, 6) is -1.45. The number of nitrogens with zero attached hydrogens (tertiary/aromatic N) is 3. The van der Waals surface area contributed by atoms with Crippen LogP contribution in [-0.2, 0) is 4.74 Å². The maximum atomic E-state index is 16.1. The van der Waals surface area contributed by atoms with E-state index in [1.807, 2.05) is 0 Å². The van der Waals surface area contributed by atoms with Gasteiger partial charge in [-0.05, 0) is 36.0 Å². The highest BCUT2D eigenvalue weighted by Gasteiger charge is 2.54. The Morgan fingerprint density at radius 2 is 1.97 bits per heavy atom. The molecule has 0 aliphatic carbocycles. The fourth-order valence-electron chi connectivity index (χ4n) is 3.22. The van der Waals surface area contributed by atoms with Gasteiger partial charge in [-0.25, -0.2) is 14.1 Å². The molecule has 0 saturated carbocycles. The molecule has 1 fully saturated rings. The van der Waals surface area contributed by atoms with Crippen molar-refractivity contribution in [2.75, 3.05) is 18.1 Å². The third-order valence-corrected chi connectivity index (χ3v) is 5.79. The first kappa shape index (κ1) is 19.3. The van der Waals surface area contributed by atoms with Crippen LogP contribution in [0.15, 0.2) is 59.7 Å². The number of pyridine rings is 1. The Bertz CT molecular complexity index is 946. The van der Waals surface area contributed by atoms with E-state index in [1.54, 1.807) is 42.5 Å². The minimum atomic E-state index is -2.31. The first-order valence-electron chi connectivity index (χ1n) is 8.83. The number of carbonyl (C=O) groups is 2. The van der Waals surface area contributed by atoms with Crippen molar-refractivity contribution in [3.63, 3.8) is 0 Å². The minimum Gasteiger partial charge on any atom is -0.464 e. The maximum absolute atomic E-state index is 16.1. The summed E-state index contributed by atoms with van der Waals surface area (Å²) >= 11 is 0.553. The molecule has 1 aromatic carbocycles. The highest BCUT2D eigenvalue weighted by Crippen LogP contribution is 2.44. The van der Waals surface area contributed by atoms with Crippen LogP contribution in [0.3, 0.4) is 0 Å². The summed E-state index contributed by atoms with van der Waals surface area (Å²) in [6.45, 7) is 0.202. The molecule has 0 spiro atoms. The Morgan fingerprint density at radius 1 is 1.21 bits per heavy atom.